The van der Waals surface area contributed by atoms with Crippen molar-refractivity contribution in [1.29, 1.82) is 0 Å². The number of hydrogen-bond acceptors (Lipinski definition) is 2. The summed E-state index contributed by atoms with van der Waals surface area (Å²) in [5.41, 5.74) is 0. The van der Waals surface area contributed by atoms with Gasteiger partial charge in [0.15, 0.2) is 0 Å². The zero-order valence-corrected chi connectivity index (χ0v) is 23.1. The monoisotopic (exact) mass is 450 g/mol. The van der Waals surface area contributed by atoms with Gasteiger partial charge in [0.2, 0.25) is 0 Å². The van der Waals surface area contributed by atoms with Crippen LogP contribution in [0.25, 0.3) is 0 Å². The molecule has 2 heteroatoms. The smallest absolute Gasteiger partial charge is 0.0965 e. The van der Waals surface area contributed by atoms with Crippen molar-refractivity contribution in [3.8, 4) is 0 Å². The fourth-order valence-corrected chi connectivity index (χ4v) is 4.56. The molecule has 0 heterocycles. The zero-order valence-electron chi connectivity index (χ0n) is 23.1. The van der Waals surface area contributed by atoms with Gasteiger partial charge in [0.25, 0.3) is 0 Å². The molecule has 0 aliphatic carbocycles. The predicted molar refractivity (Wildman–Crippen MR) is 147 cm³/mol. The minimum atomic E-state index is 1.21. The third-order valence-corrected chi connectivity index (χ3v) is 6.86. The zero-order chi connectivity index (χ0) is 23.7. The van der Waals surface area contributed by atoms with E-state index in [-0.39, 0.29) is 0 Å². The molecule has 0 amide bonds. The van der Waals surface area contributed by atoms with Crippen molar-refractivity contribution in [1.82, 2.24) is 9.80 Å². The van der Waals surface area contributed by atoms with E-state index >= 15 is 0 Å². The minimum absolute atomic E-state index is 1.21. The summed E-state index contributed by atoms with van der Waals surface area (Å²) in [5, 5.41) is 0. The van der Waals surface area contributed by atoms with Crippen LogP contribution in [0.15, 0.2) is 12.4 Å². The van der Waals surface area contributed by atoms with Gasteiger partial charge in [0.1, 0.15) is 0 Å². The van der Waals surface area contributed by atoms with Crippen molar-refractivity contribution in [3.63, 3.8) is 0 Å². The fraction of sp³-hybridized carbons (Fsp3) is 0.933. The van der Waals surface area contributed by atoms with Gasteiger partial charge in [-0.25, -0.2) is 0 Å². The van der Waals surface area contributed by atoms with E-state index in [1.807, 2.05) is 0 Å². The summed E-state index contributed by atoms with van der Waals surface area (Å²) >= 11 is 0. The van der Waals surface area contributed by atoms with Gasteiger partial charge in [-0.3, -0.25) is 0 Å². The van der Waals surface area contributed by atoms with E-state index in [4.69, 9.17) is 0 Å². The first kappa shape index (κ1) is 31.3. The molecule has 0 spiro atoms. The number of hydrogen-bond donors (Lipinski definition) is 0. The van der Waals surface area contributed by atoms with Crippen LogP contribution in [0.4, 0.5) is 0 Å². The molecule has 0 rings (SSSR count). The molecule has 0 radical (unpaired) electrons. The largest absolute Gasteiger partial charge is 0.359 e. The Bertz CT molecular complexity index is 317. The van der Waals surface area contributed by atoms with Crippen molar-refractivity contribution >= 4 is 0 Å². The lowest BCUT2D eigenvalue weighted by Crippen LogP contribution is -2.37. The summed E-state index contributed by atoms with van der Waals surface area (Å²) in [6.07, 6.45) is 27.3. The third-order valence-electron chi connectivity index (χ3n) is 6.86. The number of rotatable bonds is 26. The molecule has 0 aromatic carbocycles. The Balaban J connectivity index is 4.78. The molecule has 0 fully saturated rings. The molecule has 0 saturated carbocycles. The van der Waals surface area contributed by atoms with Crippen molar-refractivity contribution < 1.29 is 0 Å². The Morgan fingerprint density at radius 1 is 0.375 bits per heavy atom. The Morgan fingerprint density at radius 3 is 0.812 bits per heavy atom. The molecule has 32 heavy (non-hydrogen) atoms. The van der Waals surface area contributed by atoms with Gasteiger partial charge in [-0.15, -0.1) is 0 Å². The van der Waals surface area contributed by atoms with Crippen LogP contribution in [0.1, 0.15) is 156 Å². The minimum Gasteiger partial charge on any atom is -0.359 e. The highest BCUT2D eigenvalue weighted by Gasteiger charge is 2.14. The highest BCUT2D eigenvalue weighted by Crippen LogP contribution is 2.17. The van der Waals surface area contributed by atoms with Gasteiger partial charge in [-0.05, 0) is 25.7 Å². The van der Waals surface area contributed by atoms with Gasteiger partial charge in [-0.1, -0.05) is 137 Å². The molecular weight excluding hydrogens is 388 g/mol. The standard InChI is InChI=1S/C30H62N2/c1-6-10-14-18-22-26-31(27-23-19-15-11-7-2)30(5)32(28-24-20-16-12-8-3)29-25-21-17-13-9-4/h5-29H2,1-4H3. The van der Waals surface area contributed by atoms with Crippen LogP contribution in [0.3, 0.4) is 0 Å². The summed E-state index contributed by atoms with van der Waals surface area (Å²) in [7, 11) is 0. The maximum atomic E-state index is 4.67. The first-order chi connectivity index (χ1) is 15.7. The Hall–Kier alpha value is -0.660. The molecule has 0 saturated heterocycles. The van der Waals surface area contributed by atoms with Crippen molar-refractivity contribution in [2.75, 3.05) is 26.2 Å². The molecular formula is C30H62N2. The summed E-state index contributed by atoms with van der Waals surface area (Å²) in [5.74, 6) is 1.34. The van der Waals surface area contributed by atoms with E-state index in [1.54, 1.807) is 0 Å². The van der Waals surface area contributed by atoms with E-state index in [2.05, 4.69) is 44.1 Å². The topological polar surface area (TPSA) is 6.48 Å². The van der Waals surface area contributed by atoms with Gasteiger partial charge in [0, 0.05) is 26.2 Å². The van der Waals surface area contributed by atoms with E-state index in [0.29, 0.717) is 0 Å². The van der Waals surface area contributed by atoms with Crippen molar-refractivity contribution in [2.45, 2.75) is 156 Å². The molecule has 0 aliphatic heterocycles. The molecule has 0 atom stereocenters. The average Bonchev–Trinajstić information content (AvgIpc) is 2.80. The van der Waals surface area contributed by atoms with E-state index in [1.165, 1.54) is 160 Å². The average molecular weight is 451 g/mol. The molecule has 0 N–H and O–H groups in total. The van der Waals surface area contributed by atoms with E-state index in [9.17, 15) is 0 Å². The number of nitrogens with zero attached hydrogens (tertiary/aromatic N) is 2. The van der Waals surface area contributed by atoms with Crippen LogP contribution in [-0.4, -0.2) is 36.0 Å². The Morgan fingerprint density at radius 2 is 0.594 bits per heavy atom. The second-order valence-corrected chi connectivity index (χ2v) is 10.0. The lowest BCUT2D eigenvalue weighted by atomic mass is 10.1. The SMILES string of the molecule is C=C(N(CCCCCCC)CCCCCCC)N(CCCCCCC)CCCCCCC. The van der Waals surface area contributed by atoms with Crippen LogP contribution in [0, 0.1) is 0 Å². The highest BCUT2D eigenvalue weighted by atomic mass is 15.3. The maximum Gasteiger partial charge on any atom is 0.0965 e. The predicted octanol–water partition coefficient (Wildman–Crippen LogP) is 9.94. The van der Waals surface area contributed by atoms with Crippen LogP contribution < -0.4 is 0 Å². The summed E-state index contributed by atoms with van der Waals surface area (Å²) < 4.78 is 0. The van der Waals surface area contributed by atoms with Gasteiger partial charge in [-0.2, -0.15) is 0 Å². The van der Waals surface area contributed by atoms with Crippen molar-refractivity contribution in [3.05, 3.63) is 12.4 Å². The van der Waals surface area contributed by atoms with E-state index < -0.39 is 0 Å². The first-order valence-electron chi connectivity index (χ1n) is 14.9. The normalized spacial score (nSPS) is 11.1. The summed E-state index contributed by atoms with van der Waals surface area (Å²) in [6, 6.07) is 0. The fourth-order valence-electron chi connectivity index (χ4n) is 4.56. The first-order valence-corrected chi connectivity index (χ1v) is 14.9. The van der Waals surface area contributed by atoms with Crippen LogP contribution in [0.5, 0.6) is 0 Å². The van der Waals surface area contributed by atoms with Gasteiger partial charge in [0.05, 0.1) is 5.82 Å². The van der Waals surface area contributed by atoms with Crippen LogP contribution in [-0.2, 0) is 0 Å². The molecule has 0 aliphatic rings. The van der Waals surface area contributed by atoms with Gasteiger partial charge < -0.3 is 9.80 Å². The highest BCUT2D eigenvalue weighted by molar-refractivity contribution is 4.94. The molecule has 0 unspecified atom stereocenters. The second-order valence-electron chi connectivity index (χ2n) is 10.0. The van der Waals surface area contributed by atoms with Crippen LogP contribution >= 0.6 is 0 Å². The third kappa shape index (κ3) is 18.9. The molecule has 0 aromatic heterocycles. The Kier molecular flexibility index (Phi) is 24.5. The lowest BCUT2D eigenvalue weighted by molar-refractivity contribution is 0.198. The lowest BCUT2D eigenvalue weighted by Gasteiger charge is -2.36. The number of unbranched alkanes of at least 4 members (excludes halogenated alkanes) is 16. The maximum absolute atomic E-state index is 4.67. The quantitative estimate of drug-likeness (QED) is 0.121. The second kappa shape index (κ2) is 25.0. The molecule has 2 nitrogen and oxygen atoms in total. The molecule has 192 valence electrons. The summed E-state index contributed by atoms with van der Waals surface area (Å²) in [4.78, 5) is 5.33. The van der Waals surface area contributed by atoms with E-state index in [0.717, 1.165) is 0 Å². The molecule has 0 aromatic rings. The van der Waals surface area contributed by atoms with Gasteiger partial charge >= 0.3 is 0 Å². The molecule has 0 bridgehead atoms. The van der Waals surface area contributed by atoms with Crippen LogP contribution in [0.2, 0.25) is 0 Å². The Labute approximate surface area is 204 Å². The van der Waals surface area contributed by atoms with Crippen molar-refractivity contribution in [2.24, 2.45) is 0 Å². The summed E-state index contributed by atoms with van der Waals surface area (Å²) in [6.45, 7) is 18.7.